The van der Waals surface area contributed by atoms with Crippen LogP contribution in [0.15, 0.2) is 36.5 Å². The van der Waals surface area contributed by atoms with E-state index in [0.717, 1.165) is 17.1 Å². The lowest BCUT2D eigenvalue weighted by Crippen LogP contribution is -2.38. The zero-order valence-electron chi connectivity index (χ0n) is 11.4. The van der Waals surface area contributed by atoms with E-state index in [9.17, 15) is 4.79 Å². The maximum atomic E-state index is 11.0. The van der Waals surface area contributed by atoms with Gasteiger partial charge in [-0.05, 0) is 5.56 Å². The predicted molar refractivity (Wildman–Crippen MR) is 74.9 cm³/mol. The molecule has 2 heterocycles. The maximum absolute atomic E-state index is 11.0. The van der Waals surface area contributed by atoms with Gasteiger partial charge in [-0.1, -0.05) is 30.3 Å². The van der Waals surface area contributed by atoms with Crippen LogP contribution in [-0.2, 0) is 22.7 Å². The van der Waals surface area contributed by atoms with E-state index in [-0.39, 0.29) is 12.0 Å². The quantitative estimate of drug-likeness (QED) is 0.922. The van der Waals surface area contributed by atoms with Crippen molar-refractivity contribution in [1.82, 2.24) is 14.9 Å². The average Bonchev–Trinajstić information content (AvgIpc) is 2.89. The van der Waals surface area contributed by atoms with Crippen LogP contribution in [0.25, 0.3) is 11.3 Å². The Bertz CT molecular complexity index is 607. The Hall–Kier alpha value is -2.14. The largest absolute Gasteiger partial charge is 0.367 e. The second-order valence-corrected chi connectivity index (χ2v) is 4.91. The fourth-order valence-electron chi connectivity index (χ4n) is 2.40. The smallest absolute Gasteiger partial charge is 0.216 e. The summed E-state index contributed by atoms with van der Waals surface area (Å²) >= 11 is 0. The van der Waals surface area contributed by atoms with Crippen LogP contribution in [0, 0.1) is 0 Å². The molecular formula is C15H17N3O2. The third kappa shape index (κ3) is 2.58. The number of carbonyl (C=O) groups excluding carboxylic acids is 1. The van der Waals surface area contributed by atoms with Gasteiger partial charge >= 0.3 is 0 Å². The Kier molecular flexibility index (Phi) is 3.52. The standard InChI is InChI=1S/C15H17N3O2/c1-11(19)16-7-13-9-18-14(8-17-15(18)10-20-13)12-5-3-2-4-6-12/h2-6,8,13H,7,9-10H2,1H3,(H,16,19). The van der Waals surface area contributed by atoms with Gasteiger partial charge in [0, 0.05) is 13.5 Å². The number of amides is 1. The molecule has 3 rings (SSSR count). The van der Waals surface area contributed by atoms with Gasteiger partial charge in [0.25, 0.3) is 0 Å². The van der Waals surface area contributed by atoms with Crippen molar-refractivity contribution in [3.05, 3.63) is 42.4 Å². The normalized spacial score (nSPS) is 17.6. The Morgan fingerprint density at radius 1 is 1.45 bits per heavy atom. The van der Waals surface area contributed by atoms with Crippen molar-refractivity contribution in [2.45, 2.75) is 26.2 Å². The van der Waals surface area contributed by atoms with Crippen LogP contribution in [0.4, 0.5) is 0 Å². The molecule has 20 heavy (non-hydrogen) atoms. The van der Waals surface area contributed by atoms with Crippen molar-refractivity contribution in [3.63, 3.8) is 0 Å². The van der Waals surface area contributed by atoms with E-state index in [1.807, 2.05) is 24.4 Å². The molecule has 1 aromatic heterocycles. The first-order chi connectivity index (χ1) is 9.74. The van der Waals surface area contributed by atoms with Crippen LogP contribution in [0.3, 0.4) is 0 Å². The first-order valence-corrected chi connectivity index (χ1v) is 6.70. The van der Waals surface area contributed by atoms with Crippen LogP contribution in [0.2, 0.25) is 0 Å². The summed E-state index contributed by atoms with van der Waals surface area (Å²) in [5.74, 6) is 0.899. The summed E-state index contributed by atoms with van der Waals surface area (Å²) in [6, 6.07) is 10.2. The molecule has 1 amide bonds. The number of carbonyl (C=O) groups is 1. The Morgan fingerprint density at radius 3 is 3.00 bits per heavy atom. The van der Waals surface area contributed by atoms with Gasteiger partial charge in [0.15, 0.2) is 0 Å². The second-order valence-electron chi connectivity index (χ2n) is 4.91. The molecule has 5 nitrogen and oxygen atoms in total. The van der Waals surface area contributed by atoms with Crippen molar-refractivity contribution in [2.24, 2.45) is 0 Å². The maximum Gasteiger partial charge on any atom is 0.216 e. The van der Waals surface area contributed by atoms with Gasteiger partial charge in [0.05, 0.1) is 24.5 Å². The molecule has 0 saturated heterocycles. The summed E-state index contributed by atoms with van der Waals surface area (Å²) in [5.41, 5.74) is 2.24. The topological polar surface area (TPSA) is 56.2 Å². The lowest BCUT2D eigenvalue weighted by atomic mass is 10.1. The van der Waals surface area contributed by atoms with Gasteiger partial charge < -0.3 is 14.6 Å². The first-order valence-electron chi connectivity index (χ1n) is 6.70. The molecule has 1 unspecified atom stereocenters. The van der Waals surface area contributed by atoms with E-state index >= 15 is 0 Å². The summed E-state index contributed by atoms with van der Waals surface area (Å²) in [6.45, 7) is 3.24. The average molecular weight is 271 g/mol. The minimum atomic E-state index is -0.0340. The number of aromatic nitrogens is 2. The van der Waals surface area contributed by atoms with Crippen molar-refractivity contribution in [2.75, 3.05) is 6.54 Å². The van der Waals surface area contributed by atoms with E-state index in [0.29, 0.717) is 19.7 Å². The number of fused-ring (bicyclic) bond motifs is 1. The van der Waals surface area contributed by atoms with Crippen LogP contribution in [0.5, 0.6) is 0 Å². The molecule has 0 aliphatic carbocycles. The summed E-state index contributed by atoms with van der Waals surface area (Å²) in [7, 11) is 0. The highest BCUT2D eigenvalue weighted by molar-refractivity contribution is 5.72. The van der Waals surface area contributed by atoms with Gasteiger partial charge in [-0.3, -0.25) is 4.79 Å². The fraction of sp³-hybridized carbons (Fsp3) is 0.333. The zero-order chi connectivity index (χ0) is 13.9. The van der Waals surface area contributed by atoms with Gasteiger partial charge in [-0.2, -0.15) is 0 Å². The lowest BCUT2D eigenvalue weighted by Gasteiger charge is -2.26. The van der Waals surface area contributed by atoms with Crippen LogP contribution in [-0.4, -0.2) is 28.1 Å². The summed E-state index contributed by atoms with van der Waals surface area (Å²) in [5, 5.41) is 2.80. The van der Waals surface area contributed by atoms with Crippen LogP contribution < -0.4 is 5.32 Å². The van der Waals surface area contributed by atoms with Crippen LogP contribution in [0.1, 0.15) is 12.7 Å². The first kappa shape index (κ1) is 12.9. The number of benzene rings is 1. The molecule has 5 heteroatoms. The third-order valence-corrected chi connectivity index (χ3v) is 3.42. The number of rotatable bonds is 3. The van der Waals surface area contributed by atoms with Crippen molar-refractivity contribution >= 4 is 5.91 Å². The van der Waals surface area contributed by atoms with Crippen LogP contribution >= 0.6 is 0 Å². The Labute approximate surface area is 117 Å². The third-order valence-electron chi connectivity index (χ3n) is 3.42. The fourth-order valence-corrected chi connectivity index (χ4v) is 2.40. The number of hydrogen-bond acceptors (Lipinski definition) is 3. The predicted octanol–water partition coefficient (Wildman–Crippen LogP) is 1.58. The molecular weight excluding hydrogens is 254 g/mol. The SMILES string of the molecule is CC(=O)NCC1Cn2c(-c3ccccc3)cnc2CO1. The van der Waals surface area contributed by atoms with Crippen molar-refractivity contribution in [3.8, 4) is 11.3 Å². The second kappa shape index (κ2) is 5.46. The summed E-state index contributed by atoms with van der Waals surface area (Å²) in [4.78, 5) is 15.4. The van der Waals surface area contributed by atoms with Crippen molar-refractivity contribution in [1.29, 1.82) is 0 Å². The lowest BCUT2D eigenvalue weighted by molar-refractivity contribution is -0.120. The van der Waals surface area contributed by atoms with E-state index in [1.54, 1.807) is 0 Å². The minimum absolute atomic E-state index is 0.0111. The molecule has 2 aromatic rings. The zero-order valence-corrected chi connectivity index (χ0v) is 11.4. The summed E-state index contributed by atoms with van der Waals surface area (Å²) in [6.07, 6.45) is 1.87. The molecule has 1 aromatic carbocycles. The molecule has 0 fully saturated rings. The van der Waals surface area contributed by atoms with E-state index in [4.69, 9.17) is 4.74 Å². The molecule has 0 radical (unpaired) electrons. The molecule has 0 saturated carbocycles. The van der Waals surface area contributed by atoms with Gasteiger partial charge in [0.2, 0.25) is 5.91 Å². The highest BCUT2D eigenvalue weighted by atomic mass is 16.5. The number of hydrogen-bond donors (Lipinski definition) is 1. The number of ether oxygens (including phenoxy) is 1. The van der Waals surface area contributed by atoms with Crippen molar-refractivity contribution < 1.29 is 9.53 Å². The molecule has 104 valence electrons. The van der Waals surface area contributed by atoms with E-state index < -0.39 is 0 Å². The minimum Gasteiger partial charge on any atom is -0.367 e. The highest BCUT2D eigenvalue weighted by Gasteiger charge is 2.22. The van der Waals surface area contributed by atoms with E-state index in [1.165, 1.54) is 6.92 Å². The summed E-state index contributed by atoms with van der Waals surface area (Å²) < 4.78 is 7.88. The van der Waals surface area contributed by atoms with Gasteiger partial charge in [-0.25, -0.2) is 4.98 Å². The number of nitrogens with zero attached hydrogens (tertiary/aromatic N) is 2. The van der Waals surface area contributed by atoms with Gasteiger partial charge in [0.1, 0.15) is 12.4 Å². The Balaban J connectivity index is 1.81. The van der Waals surface area contributed by atoms with E-state index in [2.05, 4.69) is 27.0 Å². The molecule has 1 aliphatic heterocycles. The number of imidazole rings is 1. The molecule has 1 aliphatic rings. The van der Waals surface area contributed by atoms with Gasteiger partial charge in [-0.15, -0.1) is 0 Å². The Morgan fingerprint density at radius 2 is 2.25 bits per heavy atom. The highest BCUT2D eigenvalue weighted by Crippen LogP contribution is 2.24. The molecule has 1 atom stereocenters. The molecule has 0 bridgehead atoms. The number of nitrogens with one attached hydrogen (secondary N) is 1. The monoisotopic (exact) mass is 271 g/mol. The molecule has 0 spiro atoms. The molecule has 1 N–H and O–H groups in total.